The van der Waals surface area contributed by atoms with Crippen molar-refractivity contribution in [2.24, 2.45) is 0 Å². The number of likely N-dealkylation sites (N-methyl/N-ethyl adjacent to an activating group) is 1. The van der Waals surface area contributed by atoms with Gasteiger partial charge < -0.3 is 15.0 Å². The van der Waals surface area contributed by atoms with Gasteiger partial charge in [0.2, 0.25) is 0 Å². The van der Waals surface area contributed by atoms with Crippen LogP contribution in [-0.4, -0.2) is 54.9 Å². The molecule has 1 atom stereocenters. The minimum absolute atomic E-state index is 0.108. The van der Waals surface area contributed by atoms with E-state index in [1.165, 1.54) is 25.4 Å². The van der Waals surface area contributed by atoms with Crippen LogP contribution in [0.3, 0.4) is 0 Å². The maximum atomic E-state index is 11.6. The summed E-state index contributed by atoms with van der Waals surface area (Å²) in [6.45, 7) is 3.46. The Labute approximate surface area is 122 Å². The largest absolute Gasteiger partial charge is 0.464 e. The average molecular weight is 297 g/mol. The number of thiazole rings is 1. The molecule has 1 aromatic heterocycles. The quantitative estimate of drug-likeness (QED) is 0.673. The number of esters is 1. The molecule has 1 unspecified atom stereocenters. The topological polar surface area (TPSA) is 71.5 Å². The number of aromatic nitrogens is 1. The molecule has 0 radical (unpaired) electrons. The third-order valence-electron chi connectivity index (χ3n) is 3.28. The number of nitrogens with zero attached hydrogens (tertiary/aromatic N) is 2. The summed E-state index contributed by atoms with van der Waals surface area (Å²) in [5.74, 6) is -0.739. The van der Waals surface area contributed by atoms with Crippen LogP contribution < -0.4 is 5.32 Å². The molecule has 7 heteroatoms. The third-order valence-corrected chi connectivity index (χ3v) is 4.37. The van der Waals surface area contributed by atoms with Crippen LogP contribution in [0.4, 0.5) is 5.13 Å². The van der Waals surface area contributed by atoms with Crippen molar-refractivity contribution in [1.82, 2.24) is 9.88 Å². The Kier molecular flexibility index (Phi) is 4.72. The lowest BCUT2D eigenvalue weighted by Crippen LogP contribution is -2.39. The van der Waals surface area contributed by atoms with Crippen LogP contribution >= 0.6 is 11.3 Å². The summed E-state index contributed by atoms with van der Waals surface area (Å²) in [5, 5.41) is 3.92. The Morgan fingerprint density at radius 3 is 2.85 bits per heavy atom. The number of carbonyl (C=O) groups excluding carboxylic acids is 2. The number of piperidine rings is 1. The molecular formula is C13H19N3O3S. The molecular weight excluding hydrogens is 278 g/mol. The minimum atomic E-state index is -0.569. The molecule has 1 aliphatic heterocycles. The molecule has 0 aliphatic carbocycles. The molecule has 2 rings (SSSR count). The number of rotatable bonds is 4. The molecule has 0 saturated carbocycles. The first-order chi connectivity index (χ1) is 9.51. The minimum Gasteiger partial charge on any atom is -0.464 e. The van der Waals surface area contributed by atoms with E-state index in [4.69, 9.17) is 0 Å². The number of nitrogens with one attached hydrogen (secondary N) is 1. The molecule has 2 heterocycles. The average Bonchev–Trinajstić information content (AvgIpc) is 2.82. The van der Waals surface area contributed by atoms with Crippen LogP contribution in [0, 0.1) is 0 Å². The number of likely N-dealkylation sites (tertiary alicyclic amines) is 1. The van der Waals surface area contributed by atoms with Gasteiger partial charge in [-0.1, -0.05) is 11.3 Å². The first-order valence-electron chi connectivity index (χ1n) is 6.56. The molecule has 0 amide bonds. The van der Waals surface area contributed by atoms with Crippen molar-refractivity contribution in [3.8, 4) is 0 Å². The van der Waals surface area contributed by atoms with Gasteiger partial charge in [0.1, 0.15) is 4.88 Å². The molecule has 6 nitrogen and oxygen atoms in total. The number of hydrogen-bond donors (Lipinski definition) is 1. The zero-order valence-corrected chi connectivity index (χ0v) is 12.7. The molecule has 0 spiro atoms. The fourth-order valence-corrected chi connectivity index (χ4v) is 3.24. The summed E-state index contributed by atoms with van der Waals surface area (Å²) in [4.78, 5) is 30.0. The zero-order valence-electron chi connectivity index (χ0n) is 11.9. The zero-order chi connectivity index (χ0) is 14.7. The van der Waals surface area contributed by atoms with Crippen molar-refractivity contribution in [3.63, 3.8) is 0 Å². The van der Waals surface area contributed by atoms with Gasteiger partial charge >= 0.3 is 5.97 Å². The standard InChI is InChI=1S/C13H19N3O3S/c1-8(17)11-10(12(18)19-3)15-13(20-11)14-9-5-4-6-16(2)7-9/h9H,4-7H2,1-3H3,(H,14,15). The van der Waals surface area contributed by atoms with Crippen LogP contribution in [0.1, 0.15) is 39.9 Å². The predicted octanol–water partition coefficient (Wildman–Crippen LogP) is 1.64. The van der Waals surface area contributed by atoms with Gasteiger partial charge in [-0.05, 0) is 26.4 Å². The van der Waals surface area contributed by atoms with Crippen molar-refractivity contribution < 1.29 is 14.3 Å². The van der Waals surface area contributed by atoms with E-state index < -0.39 is 5.97 Å². The van der Waals surface area contributed by atoms with Gasteiger partial charge in [-0.2, -0.15) is 0 Å². The van der Waals surface area contributed by atoms with Gasteiger partial charge in [-0.3, -0.25) is 4.79 Å². The van der Waals surface area contributed by atoms with Crippen LogP contribution in [0.15, 0.2) is 0 Å². The Morgan fingerprint density at radius 1 is 1.50 bits per heavy atom. The van der Waals surface area contributed by atoms with Gasteiger partial charge in [-0.25, -0.2) is 9.78 Å². The molecule has 1 saturated heterocycles. The second-order valence-corrected chi connectivity index (χ2v) is 5.99. The monoisotopic (exact) mass is 297 g/mol. The molecule has 1 fully saturated rings. The smallest absolute Gasteiger partial charge is 0.358 e. The van der Waals surface area contributed by atoms with Gasteiger partial charge in [0.05, 0.1) is 7.11 Å². The SMILES string of the molecule is COC(=O)c1nc(NC2CCCN(C)C2)sc1C(C)=O. The maximum Gasteiger partial charge on any atom is 0.358 e. The highest BCUT2D eigenvalue weighted by atomic mass is 32.1. The fourth-order valence-electron chi connectivity index (χ4n) is 2.31. The number of ether oxygens (including phenoxy) is 1. The van der Waals surface area contributed by atoms with E-state index in [1.807, 2.05) is 0 Å². The van der Waals surface area contributed by atoms with Crippen LogP contribution in [0.2, 0.25) is 0 Å². The summed E-state index contributed by atoms with van der Waals surface area (Å²) in [7, 11) is 3.37. The van der Waals surface area contributed by atoms with Crippen LogP contribution in [0.25, 0.3) is 0 Å². The van der Waals surface area contributed by atoms with Gasteiger partial charge in [0.25, 0.3) is 0 Å². The number of Topliss-reactive ketones (excluding diaryl/α,β-unsaturated/α-hetero) is 1. The molecule has 1 N–H and O–H groups in total. The van der Waals surface area contributed by atoms with E-state index in [-0.39, 0.29) is 11.5 Å². The van der Waals surface area contributed by atoms with Crippen molar-refractivity contribution >= 4 is 28.2 Å². The first kappa shape index (κ1) is 14.9. The van der Waals surface area contributed by atoms with E-state index in [1.54, 1.807) is 0 Å². The predicted molar refractivity (Wildman–Crippen MR) is 77.6 cm³/mol. The van der Waals surface area contributed by atoms with Gasteiger partial charge in [0, 0.05) is 19.5 Å². The highest BCUT2D eigenvalue weighted by molar-refractivity contribution is 7.17. The van der Waals surface area contributed by atoms with Crippen molar-refractivity contribution in [2.45, 2.75) is 25.8 Å². The molecule has 110 valence electrons. The molecule has 0 aromatic carbocycles. The second kappa shape index (κ2) is 6.32. The number of ketones is 1. The maximum absolute atomic E-state index is 11.6. The lowest BCUT2D eigenvalue weighted by atomic mass is 10.1. The van der Waals surface area contributed by atoms with E-state index in [0.29, 0.717) is 16.1 Å². The second-order valence-electron chi connectivity index (χ2n) is 4.99. The van der Waals surface area contributed by atoms with E-state index in [0.717, 1.165) is 25.9 Å². The van der Waals surface area contributed by atoms with Gasteiger partial charge in [-0.15, -0.1) is 0 Å². The van der Waals surface area contributed by atoms with Crippen molar-refractivity contribution in [2.75, 3.05) is 32.6 Å². The summed E-state index contributed by atoms with van der Waals surface area (Å²) < 4.78 is 4.66. The van der Waals surface area contributed by atoms with Crippen LogP contribution in [-0.2, 0) is 4.74 Å². The number of hydrogen-bond acceptors (Lipinski definition) is 7. The number of methoxy groups -OCH3 is 1. The molecule has 20 heavy (non-hydrogen) atoms. The summed E-state index contributed by atoms with van der Waals surface area (Å²) in [5.41, 5.74) is 0.108. The van der Waals surface area contributed by atoms with Crippen molar-refractivity contribution in [3.05, 3.63) is 10.6 Å². The van der Waals surface area contributed by atoms with Crippen molar-refractivity contribution in [1.29, 1.82) is 0 Å². The third kappa shape index (κ3) is 3.34. The van der Waals surface area contributed by atoms with E-state index in [9.17, 15) is 9.59 Å². The number of carbonyl (C=O) groups is 2. The highest BCUT2D eigenvalue weighted by Crippen LogP contribution is 2.26. The highest BCUT2D eigenvalue weighted by Gasteiger charge is 2.24. The van der Waals surface area contributed by atoms with Gasteiger partial charge in [0.15, 0.2) is 16.6 Å². The Morgan fingerprint density at radius 2 is 2.25 bits per heavy atom. The fraction of sp³-hybridized carbons (Fsp3) is 0.615. The summed E-state index contributed by atoms with van der Waals surface area (Å²) in [6.07, 6.45) is 2.19. The molecule has 1 aromatic rings. The summed E-state index contributed by atoms with van der Waals surface area (Å²) in [6, 6.07) is 0.296. The lowest BCUT2D eigenvalue weighted by molar-refractivity contribution is 0.0591. The number of anilines is 1. The molecule has 1 aliphatic rings. The lowest BCUT2D eigenvalue weighted by Gasteiger charge is -2.29. The molecule has 0 bridgehead atoms. The van der Waals surface area contributed by atoms with E-state index >= 15 is 0 Å². The Hall–Kier alpha value is -1.47. The first-order valence-corrected chi connectivity index (χ1v) is 7.38. The normalized spacial score (nSPS) is 19.6. The summed E-state index contributed by atoms with van der Waals surface area (Å²) >= 11 is 1.22. The van der Waals surface area contributed by atoms with Crippen LogP contribution in [0.5, 0.6) is 0 Å². The Bertz CT molecular complexity index is 515. The van der Waals surface area contributed by atoms with E-state index in [2.05, 4.69) is 27.0 Å². The Balaban J connectivity index is 2.16.